The maximum absolute atomic E-state index is 6.06. The van der Waals surface area contributed by atoms with Crippen molar-refractivity contribution >= 4 is 11.3 Å². The third-order valence-electron chi connectivity index (χ3n) is 2.64. The fourth-order valence-electron chi connectivity index (χ4n) is 1.63. The number of nitrogens with zero attached hydrogens (tertiary/aromatic N) is 4. The predicted molar refractivity (Wildman–Crippen MR) is 72.2 cm³/mol. The lowest BCUT2D eigenvalue weighted by Gasteiger charge is -2.01. The van der Waals surface area contributed by atoms with Crippen molar-refractivity contribution in [2.24, 2.45) is 5.73 Å². The second kappa shape index (κ2) is 5.35. The normalized spacial score (nSPS) is 12.3. The Morgan fingerprint density at radius 2 is 2.30 bits per heavy atom. The fraction of sp³-hybridized carbons (Fsp3) is 0.167. The van der Waals surface area contributed by atoms with E-state index in [9.17, 15) is 0 Å². The minimum absolute atomic E-state index is 0.347. The van der Waals surface area contributed by atoms with E-state index in [1.807, 2.05) is 17.5 Å². The first-order valence-corrected chi connectivity index (χ1v) is 6.65. The lowest BCUT2D eigenvalue weighted by atomic mass is 10.2. The van der Waals surface area contributed by atoms with Gasteiger partial charge in [-0.1, -0.05) is 11.2 Å². The van der Waals surface area contributed by atoms with Crippen LogP contribution in [0, 0.1) is 0 Å². The Kier molecular flexibility index (Phi) is 3.40. The van der Waals surface area contributed by atoms with Gasteiger partial charge in [0, 0.05) is 10.9 Å². The van der Waals surface area contributed by atoms with E-state index in [-0.39, 0.29) is 0 Å². The van der Waals surface area contributed by atoms with Gasteiger partial charge < -0.3 is 15.0 Å². The van der Waals surface area contributed by atoms with Gasteiger partial charge in [0.2, 0.25) is 17.6 Å². The largest absolute Gasteiger partial charge is 0.481 e. The van der Waals surface area contributed by atoms with Gasteiger partial charge in [-0.3, -0.25) is 0 Å². The molecule has 0 saturated carbocycles. The topological polar surface area (TPSA) is 100.0 Å². The van der Waals surface area contributed by atoms with Crippen molar-refractivity contribution in [3.05, 3.63) is 40.7 Å². The Labute approximate surface area is 118 Å². The van der Waals surface area contributed by atoms with Crippen molar-refractivity contribution in [3.8, 4) is 17.4 Å². The average molecular weight is 289 g/mol. The van der Waals surface area contributed by atoms with E-state index < -0.39 is 6.04 Å². The van der Waals surface area contributed by atoms with Crippen LogP contribution in [0.4, 0.5) is 0 Å². The molecule has 0 saturated heterocycles. The molecule has 0 aliphatic carbocycles. The molecular weight excluding hydrogens is 278 g/mol. The number of ether oxygens (including phenoxy) is 1. The average Bonchev–Trinajstić information content (AvgIpc) is 3.18. The summed E-state index contributed by atoms with van der Waals surface area (Å²) in [5.74, 6) is 1.14. The van der Waals surface area contributed by atoms with Gasteiger partial charge in [0.15, 0.2) is 0 Å². The van der Waals surface area contributed by atoms with E-state index in [4.69, 9.17) is 15.0 Å². The second-order valence-electron chi connectivity index (χ2n) is 3.89. The predicted octanol–water partition coefficient (Wildman–Crippen LogP) is 1.64. The SMILES string of the molecule is COc1cc(-c2noc(C(N)c3cccs3)n2)ncn1. The van der Waals surface area contributed by atoms with Crippen molar-refractivity contribution in [1.82, 2.24) is 20.1 Å². The molecule has 3 rings (SSSR count). The third-order valence-corrected chi connectivity index (χ3v) is 3.59. The molecule has 0 amide bonds. The molecule has 2 N–H and O–H groups in total. The number of aromatic nitrogens is 4. The van der Waals surface area contributed by atoms with E-state index in [1.165, 1.54) is 24.8 Å². The highest BCUT2D eigenvalue weighted by molar-refractivity contribution is 7.10. The van der Waals surface area contributed by atoms with Crippen LogP contribution in [-0.2, 0) is 0 Å². The Morgan fingerprint density at radius 1 is 1.40 bits per heavy atom. The molecule has 20 heavy (non-hydrogen) atoms. The van der Waals surface area contributed by atoms with Gasteiger partial charge in [-0.2, -0.15) is 4.98 Å². The third kappa shape index (κ3) is 2.38. The molecule has 3 aromatic heterocycles. The summed E-state index contributed by atoms with van der Waals surface area (Å²) < 4.78 is 10.2. The first kappa shape index (κ1) is 12.7. The van der Waals surface area contributed by atoms with Crippen LogP contribution in [-0.4, -0.2) is 27.2 Å². The number of methoxy groups -OCH3 is 1. The highest BCUT2D eigenvalue weighted by Gasteiger charge is 2.19. The molecule has 0 aliphatic heterocycles. The number of hydrogen-bond donors (Lipinski definition) is 1. The standard InChI is InChI=1S/C12H11N5O2S/c1-18-9-5-7(14-6-15-9)11-16-12(19-17-11)10(13)8-3-2-4-20-8/h2-6,10H,13H2,1H3. The van der Waals surface area contributed by atoms with E-state index >= 15 is 0 Å². The zero-order chi connectivity index (χ0) is 13.9. The summed E-state index contributed by atoms with van der Waals surface area (Å²) >= 11 is 1.54. The maximum atomic E-state index is 6.06. The summed E-state index contributed by atoms with van der Waals surface area (Å²) in [5.41, 5.74) is 6.58. The molecule has 0 bridgehead atoms. The molecule has 0 fully saturated rings. The van der Waals surface area contributed by atoms with Crippen LogP contribution < -0.4 is 10.5 Å². The van der Waals surface area contributed by atoms with Gasteiger partial charge in [-0.05, 0) is 11.4 Å². The van der Waals surface area contributed by atoms with E-state index in [1.54, 1.807) is 6.07 Å². The van der Waals surface area contributed by atoms with Gasteiger partial charge in [0.1, 0.15) is 18.1 Å². The zero-order valence-electron chi connectivity index (χ0n) is 10.6. The molecule has 7 nitrogen and oxygen atoms in total. The van der Waals surface area contributed by atoms with Crippen molar-refractivity contribution in [1.29, 1.82) is 0 Å². The Hall–Kier alpha value is -2.32. The molecule has 1 atom stereocenters. The van der Waals surface area contributed by atoms with E-state index in [0.717, 1.165) is 4.88 Å². The molecule has 0 aromatic carbocycles. The van der Waals surface area contributed by atoms with Crippen molar-refractivity contribution in [3.63, 3.8) is 0 Å². The highest BCUT2D eigenvalue weighted by Crippen LogP contribution is 2.24. The summed E-state index contributed by atoms with van der Waals surface area (Å²) in [6.45, 7) is 0. The van der Waals surface area contributed by atoms with Gasteiger partial charge in [0.05, 0.1) is 7.11 Å². The Morgan fingerprint density at radius 3 is 3.05 bits per heavy atom. The van der Waals surface area contributed by atoms with Crippen LogP contribution in [0.25, 0.3) is 11.5 Å². The summed E-state index contributed by atoms with van der Waals surface area (Å²) in [6, 6.07) is 5.05. The number of hydrogen-bond acceptors (Lipinski definition) is 8. The monoisotopic (exact) mass is 289 g/mol. The molecule has 1 unspecified atom stereocenters. The minimum atomic E-state index is -0.431. The summed E-state index contributed by atoms with van der Waals surface area (Å²) in [4.78, 5) is 13.2. The maximum Gasteiger partial charge on any atom is 0.249 e. The number of thiophene rings is 1. The summed E-state index contributed by atoms with van der Waals surface area (Å²) in [6.07, 6.45) is 1.38. The van der Waals surface area contributed by atoms with Crippen LogP contribution in [0.2, 0.25) is 0 Å². The Balaban J connectivity index is 1.90. The van der Waals surface area contributed by atoms with E-state index in [2.05, 4.69) is 20.1 Å². The van der Waals surface area contributed by atoms with Crippen molar-refractivity contribution in [2.45, 2.75) is 6.04 Å². The molecule has 0 aliphatic rings. The van der Waals surface area contributed by atoms with Gasteiger partial charge in [-0.25, -0.2) is 9.97 Å². The number of nitrogens with two attached hydrogens (primary N) is 1. The van der Waals surface area contributed by atoms with Crippen molar-refractivity contribution in [2.75, 3.05) is 7.11 Å². The lowest BCUT2D eigenvalue weighted by Crippen LogP contribution is -2.10. The quantitative estimate of drug-likeness (QED) is 0.779. The molecule has 3 heterocycles. The van der Waals surface area contributed by atoms with Crippen LogP contribution in [0.1, 0.15) is 16.8 Å². The second-order valence-corrected chi connectivity index (χ2v) is 4.87. The van der Waals surface area contributed by atoms with Gasteiger partial charge in [0.25, 0.3) is 0 Å². The number of rotatable bonds is 4. The zero-order valence-corrected chi connectivity index (χ0v) is 11.4. The van der Waals surface area contributed by atoms with Gasteiger partial charge in [-0.15, -0.1) is 11.3 Å². The minimum Gasteiger partial charge on any atom is -0.481 e. The molecule has 0 radical (unpaired) electrons. The molecule has 3 aromatic rings. The van der Waals surface area contributed by atoms with Crippen LogP contribution in [0.5, 0.6) is 5.88 Å². The molecule has 0 spiro atoms. The summed E-state index contributed by atoms with van der Waals surface area (Å²) in [7, 11) is 1.53. The molecular formula is C12H11N5O2S. The molecule has 102 valence electrons. The summed E-state index contributed by atoms with van der Waals surface area (Å²) in [5, 5.41) is 5.83. The van der Waals surface area contributed by atoms with Crippen LogP contribution in [0.3, 0.4) is 0 Å². The Bertz CT molecular complexity index is 697. The van der Waals surface area contributed by atoms with Crippen LogP contribution in [0.15, 0.2) is 34.4 Å². The highest BCUT2D eigenvalue weighted by atomic mass is 32.1. The lowest BCUT2D eigenvalue weighted by molar-refractivity contribution is 0.368. The van der Waals surface area contributed by atoms with E-state index in [0.29, 0.717) is 23.3 Å². The van der Waals surface area contributed by atoms with Crippen LogP contribution >= 0.6 is 11.3 Å². The first-order chi connectivity index (χ1) is 9.78. The smallest absolute Gasteiger partial charge is 0.249 e. The van der Waals surface area contributed by atoms with Crippen molar-refractivity contribution < 1.29 is 9.26 Å². The van der Waals surface area contributed by atoms with Gasteiger partial charge >= 0.3 is 0 Å². The fourth-order valence-corrected chi connectivity index (χ4v) is 2.35. The molecule has 8 heteroatoms. The first-order valence-electron chi connectivity index (χ1n) is 5.77.